The van der Waals surface area contributed by atoms with E-state index in [9.17, 15) is 0 Å². The van der Waals surface area contributed by atoms with Crippen LogP contribution in [0.5, 0.6) is 0 Å². The predicted molar refractivity (Wildman–Crippen MR) is 79.8 cm³/mol. The number of aryl methyl sites for hydroxylation is 3. The minimum atomic E-state index is 0. The van der Waals surface area contributed by atoms with Crippen molar-refractivity contribution in [1.29, 1.82) is 0 Å². The largest absolute Gasteiger partial charge is 0.339 e. The monoisotopic (exact) mass is 455 g/mol. The summed E-state index contributed by atoms with van der Waals surface area (Å²) >= 11 is 0. The number of rotatable bonds is 2. The average Bonchev–Trinajstić information content (AvgIpc) is 2.88. The van der Waals surface area contributed by atoms with Gasteiger partial charge in [0.25, 0.3) is 0 Å². The molecule has 0 aliphatic rings. The van der Waals surface area contributed by atoms with E-state index in [0.29, 0.717) is 0 Å². The molecule has 3 nitrogen and oxygen atoms in total. The van der Waals surface area contributed by atoms with Gasteiger partial charge < -0.3 is 4.57 Å². The molecular weight excluding hydrogens is 438 g/mol. The van der Waals surface area contributed by atoms with Gasteiger partial charge in [-0.25, -0.2) is 0 Å². The first-order valence-corrected chi connectivity index (χ1v) is 6.60. The zero-order valence-electron chi connectivity index (χ0n) is 12.2. The second-order valence-electron chi connectivity index (χ2n) is 5.02. The second-order valence-corrected chi connectivity index (χ2v) is 5.02. The molecule has 1 aromatic carbocycles. The van der Waals surface area contributed by atoms with E-state index >= 15 is 0 Å². The minimum Gasteiger partial charge on any atom is -0.339 e. The maximum atomic E-state index is 4.49. The summed E-state index contributed by atoms with van der Waals surface area (Å²) in [5, 5.41) is 0. The van der Waals surface area contributed by atoms with Crippen LogP contribution < -0.4 is 0 Å². The summed E-state index contributed by atoms with van der Waals surface area (Å²) in [6, 6.07) is 9.41. The first kappa shape index (κ1) is 15.6. The van der Waals surface area contributed by atoms with Crippen LogP contribution in [0.25, 0.3) is 17.1 Å². The molecule has 0 saturated heterocycles. The van der Waals surface area contributed by atoms with Gasteiger partial charge in [0.2, 0.25) is 0 Å². The normalized spacial score (nSPS) is 10.2. The van der Waals surface area contributed by atoms with Gasteiger partial charge >= 0.3 is 0 Å². The Kier molecular flexibility index (Phi) is 4.71. The molecule has 0 fully saturated rings. The van der Waals surface area contributed by atoms with Crippen molar-refractivity contribution in [2.45, 2.75) is 20.8 Å². The zero-order chi connectivity index (χ0) is 14.1. The van der Waals surface area contributed by atoms with Crippen molar-refractivity contribution in [2.24, 2.45) is 0 Å². The average molecular weight is 455 g/mol. The molecular formula is C17H16IrN3-. The van der Waals surface area contributed by atoms with Gasteiger partial charge in [0.15, 0.2) is 0 Å². The summed E-state index contributed by atoms with van der Waals surface area (Å²) in [6.07, 6.45) is 7.57. The van der Waals surface area contributed by atoms with E-state index in [2.05, 4.69) is 53.5 Å². The third-order valence-electron chi connectivity index (χ3n) is 3.37. The molecule has 0 N–H and O–H groups in total. The molecule has 0 aliphatic heterocycles. The third-order valence-corrected chi connectivity index (χ3v) is 3.37. The van der Waals surface area contributed by atoms with E-state index in [-0.39, 0.29) is 20.1 Å². The van der Waals surface area contributed by atoms with Gasteiger partial charge in [0, 0.05) is 50.6 Å². The molecule has 2 aromatic heterocycles. The van der Waals surface area contributed by atoms with Crippen molar-refractivity contribution in [2.75, 3.05) is 0 Å². The summed E-state index contributed by atoms with van der Waals surface area (Å²) in [7, 11) is 0. The fraction of sp³-hybridized carbons (Fsp3) is 0.176. The summed E-state index contributed by atoms with van der Waals surface area (Å²) in [5.74, 6) is 0.905. The van der Waals surface area contributed by atoms with Gasteiger partial charge in [-0.3, -0.25) is 9.97 Å². The molecule has 4 heteroatoms. The molecule has 21 heavy (non-hydrogen) atoms. The molecule has 109 valence electrons. The minimum absolute atomic E-state index is 0. The van der Waals surface area contributed by atoms with Gasteiger partial charge in [-0.05, 0) is 25.0 Å². The summed E-state index contributed by atoms with van der Waals surface area (Å²) in [5.41, 5.74) is 5.61. The Morgan fingerprint density at radius 3 is 2.38 bits per heavy atom. The SMILES string of the molecule is Cc1c[c-]c(-c2nccn2-c2c(C)cncc2C)cc1.[Ir]. The van der Waals surface area contributed by atoms with Crippen LogP contribution in [0.2, 0.25) is 0 Å². The van der Waals surface area contributed by atoms with E-state index in [1.54, 1.807) is 0 Å². The van der Waals surface area contributed by atoms with E-state index < -0.39 is 0 Å². The van der Waals surface area contributed by atoms with Gasteiger partial charge in [-0.1, -0.05) is 6.92 Å². The number of aromatic nitrogens is 3. The maximum absolute atomic E-state index is 4.49. The smallest absolute Gasteiger partial charge is 0.0602 e. The number of benzene rings is 1. The van der Waals surface area contributed by atoms with Crippen molar-refractivity contribution >= 4 is 0 Å². The van der Waals surface area contributed by atoms with Crippen molar-refractivity contribution in [1.82, 2.24) is 14.5 Å². The number of nitrogens with zero attached hydrogens (tertiary/aromatic N) is 3. The summed E-state index contributed by atoms with van der Waals surface area (Å²) in [4.78, 5) is 8.71. The van der Waals surface area contributed by atoms with E-state index in [4.69, 9.17) is 0 Å². The van der Waals surface area contributed by atoms with E-state index in [1.807, 2.05) is 30.9 Å². The fourth-order valence-corrected chi connectivity index (χ4v) is 2.40. The maximum Gasteiger partial charge on any atom is 0.0602 e. The van der Waals surface area contributed by atoms with Gasteiger partial charge in [-0.2, -0.15) is 0 Å². The van der Waals surface area contributed by atoms with Gasteiger partial charge in [0.05, 0.1) is 5.82 Å². The third kappa shape index (κ3) is 2.97. The molecule has 3 aromatic rings. The van der Waals surface area contributed by atoms with Crippen molar-refractivity contribution < 1.29 is 20.1 Å². The van der Waals surface area contributed by atoms with Crippen LogP contribution in [0, 0.1) is 26.8 Å². The Morgan fingerprint density at radius 2 is 1.76 bits per heavy atom. The summed E-state index contributed by atoms with van der Waals surface area (Å²) in [6.45, 7) is 6.19. The number of hydrogen-bond donors (Lipinski definition) is 0. The standard InChI is InChI=1S/C17H16N3.Ir/c1-12-4-6-15(7-5-12)17-19-8-9-20(17)16-13(2)10-18-11-14(16)3;/h4-6,8-11H,1-3H3;/q-1;. The van der Waals surface area contributed by atoms with Gasteiger partial charge in [-0.15, -0.1) is 35.4 Å². The Balaban J connectivity index is 0.00000161. The Hall–Kier alpha value is -1.77. The van der Waals surface area contributed by atoms with E-state index in [0.717, 1.165) is 28.2 Å². The zero-order valence-corrected chi connectivity index (χ0v) is 14.6. The van der Waals surface area contributed by atoms with Crippen molar-refractivity contribution in [3.05, 3.63) is 65.7 Å². The Labute approximate surface area is 138 Å². The van der Waals surface area contributed by atoms with Crippen LogP contribution in [-0.4, -0.2) is 14.5 Å². The Morgan fingerprint density at radius 1 is 1.05 bits per heavy atom. The van der Waals surface area contributed by atoms with Crippen LogP contribution in [0.4, 0.5) is 0 Å². The molecule has 1 radical (unpaired) electrons. The molecule has 0 saturated carbocycles. The van der Waals surface area contributed by atoms with Crippen LogP contribution in [0.15, 0.2) is 43.0 Å². The predicted octanol–water partition coefficient (Wildman–Crippen LogP) is 3.66. The summed E-state index contributed by atoms with van der Waals surface area (Å²) < 4.78 is 2.10. The molecule has 3 rings (SSSR count). The molecule has 0 amide bonds. The molecule has 2 heterocycles. The van der Waals surface area contributed by atoms with Crippen LogP contribution in [-0.2, 0) is 20.1 Å². The van der Waals surface area contributed by atoms with Gasteiger partial charge in [0.1, 0.15) is 0 Å². The fourth-order valence-electron chi connectivity index (χ4n) is 2.40. The van der Waals surface area contributed by atoms with Crippen LogP contribution in [0.3, 0.4) is 0 Å². The number of pyridine rings is 1. The van der Waals surface area contributed by atoms with E-state index in [1.165, 1.54) is 5.56 Å². The number of imidazole rings is 1. The molecule has 0 atom stereocenters. The first-order chi connectivity index (χ1) is 9.66. The quantitative estimate of drug-likeness (QED) is 0.554. The molecule has 0 unspecified atom stereocenters. The van der Waals surface area contributed by atoms with Crippen LogP contribution >= 0.6 is 0 Å². The molecule has 0 bridgehead atoms. The van der Waals surface area contributed by atoms with Crippen molar-refractivity contribution in [3.8, 4) is 17.1 Å². The topological polar surface area (TPSA) is 30.7 Å². The molecule has 0 spiro atoms. The Bertz CT molecular complexity index is 725. The van der Waals surface area contributed by atoms with Crippen molar-refractivity contribution in [3.63, 3.8) is 0 Å². The number of hydrogen-bond acceptors (Lipinski definition) is 2. The first-order valence-electron chi connectivity index (χ1n) is 6.60. The second kappa shape index (κ2) is 6.33. The molecule has 0 aliphatic carbocycles. The van der Waals surface area contributed by atoms with Crippen LogP contribution in [0.1, 0.15) is 16.7 Å².